The Labute approximate surface area is 96.2 Å². The topological polar surface area (TPSA) is 62.3 Å². The van der Waals surface area contributed by atoms with Crippen molar-refractivity contribution in [2.75, 3.05) is 31.3 Å². The van der Waals surface area contributed by atoms with Crippen LogP contribution in [0.1, 0.15) is 6.92 Å². The van der Waals surface area contributed by atoms with E-state index in [9.17, 15) is 0 Å². The number of rotatable bonds is 4. The molecule has 16 heavy (non-hydrogen) atoms. The van der Waals surface area contributed by atoms with Crippen molar-refractivity contribution in [3.05, 3.63) is 18.2 Å². The van der Waals surface area contributed by atoms with Crippen LogP contribution < -0.4 is 15.4 Å². The minimum Gasteiger partial charge on any atom is -0.497 e. The maximum absolute atomic E-state index is 8.77. The van der Waals surface area contributed by atoms with Crippen molar-refractivity contribution in [1.29, 1.82) is 5.26 Å². The van der Waals surface area contributed by atoms with Gasteiger partial charge in [-0.15, -0.1) is 0 Å². The van der Waals surface area contributed by atoms with E-state index in [-0.39, 0.29) is 5.92 Å². The first-order valence-electron chi connectivity index (χ1n) is 5.12. The highest BCUT2D eigenvalue weighted by atomic mass is 16.5. The number of methoxy groups -OCH3 is 1. The number of hydrogen-bond acceptors (Lipinski definition) is 4. The van der Waals surface area contributed by atoms with Gasteiger partial charge in [-0.05, 0) is 19.1 Å². The van der Waals surface area contributed by atoms with E-state index < -0.39 is 0 Å². The Morgan fingerprint density at radius 1 is 1.56 bits per heavy atom. The number of hydrogen-bond donors (Lipinski definition) is 1. The molecule has 1 unspecified atom stereocenters. The molecule has 1 aromatic rings. The van der Waals surface area contributed by atoms with Crippen molar-refractivity contribution in [3.63, 3.8) is 0 Å². The number of benzene rings is 1. The van der Waals surface area contributed by atoms with Crippen molar-refractivity contribution < 1.29 is 4.74 Å². The fourth-order valence-corrected chi connectivity index (χ4v) is 1.53. The largest absolute Gasteiger partial charge is 0.497 e. The van der Waals surface area contributed by atoms with Crippen LogP contribution in [-0.4, -0.2) is 20.7 Å². The minimum atomic E-state index is -0.0319. The first-order chi connectivity index (χ1) is 7.58. The second-order valence-electron chi connectivity index (χ2n) is 3.84. The molecular formula is C12H17N3O. The highest BCUT2D eigenvalue weighted by molar-refractivity contribution is 5.69. The molecule has 0 radical (unpaired) electrons. The highest BCUT2D eigenvalue weighted by Crippen LogP contribution is 2.27. The van der Waals surface area contributed by atoms with E-state index in [4.69, 9.17) is 15.7 Å². The van der Waals surface area contributed by atoms with E-state index in [1.807, 2.05) is 37.1 Å². The van der Waals surface area contributed by atoms with Crippen molar-refractivity contribution in [1.82, 2.24) is 0 Å². The standard InChI is InChI=1S/C12H17N3O/c1-9(7-13)8-15(2)12-6-10(16-3)4-5-11(12)14/h4-6,9H,8,14H2,1-3H3. The number of nitriles is 1. The summed E-state index contributed by atoms with van der Waals surface area (Å²) in [6, 6.07) is 7.70. The van der Waals surface area contributed by atoms with Crippen LogP contribution in [0.2, 0.25) is 0 Å². The smallest absolute Gasteiger partial charge is 0.121 e. The molecule has 1 aromatic carbocycles. The van der Waals surface area contributed by atoms with Crippen LogP contribution >= 0.6 is 0 Å². The van der Waals surface area contributed by atoms with Gasteiger partial charge in [-0.3, -0.25) is 0 Å². The monoisotopic (exact) mass is 219 g/mol. The fraction of sp³-hybridized carbons (Fsp3) is 0.417. The molecule has 0 bridgehead atoms. The van der Waals surface area contributed by atoms with Gasteiger partial charge in [-0.1, -0.05) is 0 Å². The molecule has 0 heterocycles. The average Bonchev–Trinajstić information content (AvgIpc) is 2.29. The van der Waals surface area contributed by atoms with Crippen LogP contribution in [-0.2, 0) is 0 Å². The van der Waals surface area contributed by atoms with E-state index >= 15 is 0 Å². The normalized spacial score (nSPS) is 11.6. The molecule has 2 N–H and O–H groups in total. The zero-order valence-corrected chi connectivity index (χ0v) is 9.90. The predicted molar refractivity (Wildman–Crippen MR) is 65.5 cm³/mol. The number of nitrogens with two attached hydrogens (primary N) is 1. The highest BCUT2D eigenvalue weighted by Gasteiger charge is 2.10. The molecule has 0 aliphatic heterocycles. The molecule has 0 aliphatic rings. The van der Waals surface area contributed by atoms with E-state index in [0.29, 0.717) is 12.2 Å². The zero-order valence-electron chi connectivity index (χ0n) is 9.90. The first-order valence-corrected chi connectivity index (χ1v) is 5.12. The van der Waals surface area contributed by atoms with Gasteiger partial charge in [0.15, 0.2) is 0 Å². The molecule has 0 amide bonds. The molecule has 1 atom stereocenters. The van der Waals surface area contributed by atoms with Crippen molar-refractivity contribution in [3.8, 4) is 11.8 Å². The lowest BCUT2D eigenvalue weighted by Gasteiger charge is -2.22. The number of anilines is 2. The number of ether oxygens (including phenoxy) is 1. The van der Waals surface area contributed by atoms with Gasteiger partial charge >= 0.3 is 0 Å². The van der Waals surface area contributed by atoms with Crippen molar-refractivity contribution >= 4 is 11.4 Å². The molecule has 0 saturated heterocycles. The Hall–Kier alpha value is -1.89. The molecule has 0 aromatic heterocycles. The lowest BCUT2D eigenvalue weighted by Crippen LogP contribution is -2.24. The van der Waals surface area contributed by atoms with E-state index in [1.54, 1.807) is 7.11 Å². The van der Waals surface area contributed by atoms with Crippen molar-refractivity contribution in [2.24, 2.45) is 5.92 Å². The first kappa shape index (κ1) is 12.2. The molecule has 0 spiro atoms. The Morgan fingerprint density at radius 2 is 2.25 bits per heavy atom. The third kappa shape index (κ3) is 2.80. The van der Waals surface area contributed by atoms with Gasteiger partial charge in [0.1, 0.15) is 5.75 Å². The summed E-state index contributed by atoms with van der Waals surface area (Å²) in [7, 11) is 3.53. The third-order valence-corrected chi connectivity index (χ3v) is 2.42. The van der Waals surface area contributed by atoms with Gasteiger partial charge in [0.05, 0.1) is 30.5 Å². The summed E-state index contributed by atoms with van der Waals surface area (Å²) in [5, 5.41) is 8.77. The van der Waals surface area contributed by atoms with Gasteiger partial charge in [0.2, 0.25) is 0 Å². The Bertz CT molecular complexity index is 398. The Morgan fingerprint density at radius 3 is 2.81 bits per heavy atom. The maximum Gasteiger partial charge on any atom is 0.121 e. The van der Waals surface area contributed by atoms with Gasteiger partial charge in [0, 0.05) is 19.7 Å². The lowest BCUT2D eigenvalue weighted by atomic mass is 10.1. The molecule has 4 nitrogen and oxygen atoms in total. The summed E-state index contributed by atoms with van der Waals surface area (Å²) >= 11 is 0. The predicted octanol–water partition coefficient (Wildman–Crippen LogP) is 1.87. The lowest BCUT2D eigenvalue weighted by molar-refractivity contribution is 0.415. The SMILES string of the molecule is COc1ccc(N)c(N(C)CC(C)C#N)c1. The molecule has 86 valence electrons. The summed E-state index contributed by atoms with van der Waals surface area (Å²) in [5.74, 6) is 0.733. The summed E-state index contributed by atoms with van der Waals surface area (Å²) in [4.78, 5) is 1.96. The molecule has 0 aliphatic carbocycles. The summed E-state index contributed by atoms with van der Waals surface area (Å²) in [5.41, 5.74) is 7.46. The summed E-state index contributed by atoms with van der Waals surface area (Å²) in [6.45, 7) is 2.53. The van der Waals surface area contributed by atoms with Gasteiger partial charge < -0.3 is 15.4 Å². The Kier molecular flexibility index (Phi) is 4.01. The van der Waals surface area contributed by atoms with Crippen LogP contribution in [0.25, 0.3) is 0 Å². The molecule has 4 heteroatoms. The maximum atomic E-state index is 8.77. The van der Waals surface area contributed by atoms with Gasteiger partial charge in [0.25, 0.3) is 0 Å². The fourth-order valence-electron chi connectivity index (χ4n) is 1.53. The molecule has 0 saturated carbocycles. The third-order valence-electron chi connectivity index (χ3n) is 2.42. The molecule has 1 rings (SSSR count). The second-order valence-corrected chi connectivity index (χ2v) is 3.84. The second kappa shape index (κ2) is 5.26. The van der Waals surface area contributed by atoms with Crippen molar-refractivity contribution in [2.45, 2.75) is 6.92 Å². The van der Waals surface area contributed by atoms with E-state index in [2.05, 4.69) is 6.07 Å². The minimum absolute atomic E-state index is 0.0319. The number of nitrogens with zero attached hydrogens (tertiary/aromatic N) is 2. The van der Waals surface area contributed by atoms with Gasteiger partial charge in [-0.2, -0.15) is 5.26 Å². The molecular weight excluding hydrogens is 202 g/mol. The summed E-state index contributed by atoms with van der Waals surface area (Å²) < 4.78 is 5.14. The molecule has 0 fully saturated rings. The van der Waals surface area contributed by atoms with Crippen LogP contribution in [0.15, 0.2) is 18.2 Å². The van der Waals surface area contributed by atoms with Crippen LogP contribution in [0.5, 0.6) is 5.75 Å². The average molecular weight is 219 g/mol. The van der Waals surface area contributed by atoms with Crippen LogP contribution in [0, 0.1) is 17.2 Å². The van der Waals surface area contributed by atoms with Crippen LogP contribution in [0.3, 0.4) is 0 Å². The summed E-state index contributed by atoms with van der Waals surface area (Å²) in [6.07, 6.45) is 0. The van der Waals surface area contributed by atoms with E-state index in [1.165, 1.54) is 0 Å². The van der Waals surface area contributed by atoms with Crippen LogP contribution in [0.4, 0.5) is 11.4 Å². The quantitative estimate of drug-likeness (QED) is 0.785. The Balaban J connectivity index is 2.90. The van der Waals surface area contributed by atoms with Gasteiger partial charge in [-0.25, -0.2) is 0 Å². The van der Waals surface area contributed by atoms with E-state index in [0.717, 1.165) is 11.4 Å². The zero-order chi connectivity index (χ0) is 12.1. The number of nitrogen functional groups attached to an aromatic ring is 1.